The SMILES string of the molecule is CCSCCC(C)NCC(O)COc1ccc(Cl)cc1Cl. The minimum Gasteiger partial charge on any atom is -0.489 e. The quantitative estimate of drug-likeness (QED) is 0.628. The van der Waals surface area contributed by atoms with E-state index >= 15 is 0 Å². The van der Waals surface area contributed by atoms with Crippen molar-refractivity contribution in [2.24, 2.45) is 0 Å². The molecule has 120 valence electrons. The Morgan fingerprint density at radius 3 is 2.81 bits per heavy atom. The number of benzene rings is 1. The first-order valence-electron chi connectivity index (χ1n) is 7.10. The van der Waals surface area contributed by atoms with E-state index in [1.807, 2.05) is 11.8 Å². The highest BCUT2D eigenvalue weighted by Crippen LogP contribution is 2.27. The first kappa shape index (κ1) is 18.9. The maximum absolute atomic E-state index is 9.91. The summed E-state index contributed by atoms with van der Waals surface area (Å²) in [6.45, 7) is 4.99. The van der Waals surface area contributed by atoms with Gasteiger partial charge in [0.2, 0.25) is 0 Å². The molecule has 0 bridgehead atoms. The average Bonchev–Trinajstić information content (AvgIpc) is 2.44. The summed E-state index contributed by atoms with van der Waals surface area (Å²) in [5, 5.41) is 14.2. The van der Waals surface area contributed by atoms with Crippen molar-refractivity contribution in [1.29, 1.82) is 0 Å². The molecule has 0 aliphatic carbocycles. The molecule has 1 aromatic carbocycles. The van der Waals surface area contributed by atoms with E-state index in [0.29, 0.717) is 28.4 Å². The van der Waals surface area contributed by atoms with Crippen LogP contribution in [-0.2, 0) is 0 Å². The van der Waals surface area contributed by atoms with E-state index in [1.54, 1.807) is 18.2 Å². The van der Waals surface area contributed by atoms with Crippen LogP contribution >= 0.6 is 35.0 Å². The predicted molar refractivity (Wildman–Crippen MR) is 93.0 cm³/mol. The Balaban J connectivity index is 2.23. The monoisotopic (exact) mass is 351 g/mol. The van der Waals surface area contributed by atoms with Crippen LogP contribution in [0.5, 0.6) is 5.75 Å². The van der Waals surface area contributed by atoms with Gasteiger partial charge in [-0.25, -0.2) is 0 Å². The predicted octanol–water partition coefficient (Wildman–Crippen LogP) is 3.85. The summed E-state index contributed by atoms with van der Waals surface area (Å²) in [5.74, 6) is 2.82. The largest absolute Gasteiger partial charge is 0.489 e. The van der Waals surface area contributed by atoms with Gasteiger partial charge in [-0.3, -0.25) is 0 Å². The van der Waals surface area contributed by atoms with E-state index in [9.17, 15) is 5.11 Å². The van der Waals surface area contributed by atoms with E-state index in [1.165, 1.54) is 0 Å². The zero-order chi connectivity index (χ0) is 15.7. The minimum atomic E-state index is -0.571. The van der Waals surface area contributed by atoms with E-state index in [-0.39, 0.29) is 6.61 Å². The molecule has 0 aliphatic rings. The second-order valence-electron chi connectivity index (χ2n) is 4.83. The van der Waals surface area contributed by atoms with Gasteiger partial charge in [-0.15, -0.1) is 0 Å². The van der Waals surface area contributed by atoms with Gasteiger partial charge in [0.15, 0.2) is 0 Å². The normalized spacial score (nSPS) is 14.0. The van der Waals surface area contributed by atoms with Gasteiger partial charge < -0.3 is 15.2 Å². The summed E-state index contributed by atoms with van der Waals surface area (Å²) in [4.78, 5) is 0. The van der Waals surface area contributed by atoms with Gasteiger partial charge in [0, 0.05) is 17.6 Å². The topological polar surface area (TPSA) is 41.5 Å². The van der Waals surface area contributed by atoms with Crippen molar-refractivity contribution in [2.45, 2.75) is 32.4 Å². The summed E-state index contributed by atoms with van der Waals surface area (Å²) in [5.41, 5.74) is 0. The van der Waals surface area contributed by atoms with Gasteiger partial charge in [0.25, 0.3) is 0 Å². The van der Waals surface area contributed by atoms with Crippen molar-refractivity contribution in [3.05, 3.63) is 28.2 Å². The number of hydrogen-bond donors (Lipinski definition) is 2. The van der Waals surface area contributed by atoms with E-state index in [0.717, 1.165) is 17.9 Å². The third-order valence-electron chi connectivity index (χ3n) is 2.93. The molecule has 21 heavy (non-hydrogen) atoms. The van der Waals surface area contributed by atoms with Gasteiger partial charge in [0.05, 0.1) is 5.02 Å². The second-order valence-corrected chi connectivity index (χ2v) is 7.07. The molecule has 3 nitrogen and oxygen atoms in total. The molecule has 0 amide bonds. The Hall–Kier alpha value is -0.130. The van der Waals surface area contributed by atoms with Crippen LogP contribution in [-0.4, -0.2) is 41.9 Å². The third kappa shape index (κ3) is 8.17. The molecule has 0 aliphatic heterocycles. The number of ether oxygens (including phenoxy) is 1. The molecule has 1 rings (SSSR count). The highest BCUT2D eigenvalue weighted by atomic mass is 35.5. The van der Waals surface area contributed by atoms with Crippen molar-refractivity contribution in [1.82, 2.24) is 5.32 Å². The molecule has 2 unspecified atom stereocenters. The molecule has 0 saturated heterocycles. The minimum absolute atomic E-state index is 0.199. The number of aliphatic hydroxyl groups excluding tert-OH is 1. The van der Waals surface area contributed by atoms with Crippen LogP contribution in [0.3, 0.4) is 0 Å². The first-order chi connectivity index (χ1) is 10.0. The van der Waals surface area contributed by atoms with Crippen LogP contribution in [0.2, 0.25) is 10.0 Å². The number of halogens is 2. The van der Waals surface area contributed by atoms with Crippen molar-refractivity contribution in [2.75, 3.05) is 24.7 Å². The third-order valence-corrected chi connectivity index (χ3v) is 4.39. The molecule has 0 fully saturated rings. The van der Waals surface area contributed by atoms with Crippen LogP contribution in [0, 0.1) is 0 Å². The molecule has 6 heteroatoms. The molecule has 0 spiro atoms. The highest BCUT2D eigenvalue weighted by Gasteiger charge is 2.09. The molecular formula is C15H23Cl2NO2S. The Kier molecular flexibility index (Phi) is 9.52. The lowest BCUT2D eigenvalue weighted by Crippen LogP contribution is -2.36. The molecule has 0 radical (unpaired) electrons. The fourth-order valence-corrected chi connectivity index (χ4v) is 2.95. The summed E-state index contributed by atoms with van der Waals surface area (Å²) >= 11 is 13.7. The van der Waals surface area contributed by atoms with Gasteiger partial charge in [0.1, 0.15) is 18.5 Å². The van der Waals surface area contributed by atoms with Gasteiger partial charge in [-0.2, -0.15) is 11.8 Å². The lowest BCUT2D eigenvalue weighted by Gasteiger charge is -2.17. The Bertz CT molecular complexity index is 421. The number of nitrogens with one attached hydrogen (secondary N) is 1. The summed E-state index contributed by atoms with van der Waals surface area (Å²) < 4.78 is 5.50. The fraction of sp³-hybridized carbons (Fsp3) is 0.600. The van der Waals surface area contributed by atoms with Crippen LogP contribution in [0.25, 0.3) is 0 Å². The van der Waals surface area contributed by atoms with Gasteiger partial charge >= 0.3 is 0 Å². The fourth-order valence-electron chi connectivity index (χ4n) is 1.68. The second kappa shape index (κ2) is 10.6. The molecule has 2 atom stereocenters. The summed E-state index contributed by atoms with van der Waals surface area (Å²) in [7, 11) is 0. The number of hydrogen-bond acceptors (Lipinski definition) is 4. The zero-order valence-corrected chi connectivity index (χ0v) is 14.8. The molecular weight excluding hydrogens is 329 g/mol. The number of aliphatic hydroxyl groups is 1. The van der Waals surface area contributed by atoms with Crippen LogP contribution in [0.15, 0.2) is 18.2 Å². The zero-order valence-electron chi connectivity index (χ0n) is 12.4. The first-order valence-corrected chi connectivity index (χ1v) is 9.01. The lowest BCUT2D eigenvalue weighted by molar-refractivity contribution is 0.104. The molecule has 1 aromatic rings. The highest BCUT2D eigenvalue weighted by molar-refractivity contribution is 7.99. The van der Waals surface area contributed by atoms with Crippen molar-refractivity contribution in [3.8, 4) is 5.75 Å². The Morgan fingerprint density at radius 1 is 1.38 bits per heavy atom. The Morgan fingerprint density at radius 2 is 2.14 bits per heavy atom. The smallest absolute Gasteiger partial charge is 0.138 e. The van der Waals surface area contributed by atoms with Crippen molar-refractivity contribution < 1.29 is 9.84 Å². The lowest BCUT2D eigenvalue weighted by atomic mass is 10.2. The van der Waals surface area contributed by atoms with Crippen LogP contribution in [0.4, 0.5) is 0 Å². The van der Waals surface area contributed by atoms with E-state index in [4.69, 9.17) is 27.9 Å². The molecule has 0 aromatic heterocycles. The maximum atomic E-state index is 9.91. The maximum Gasteiger partial charge on any atom is 0.138 e. The van der Waals surface area contributed by atoms with Gasteiger partial charge in [-0.1, -0.05) is 30.1 Å². The summed E-state index contributed by atoms with van der Waals surface area (Å²) in [6, 6.07) is 5.42. The van der Waals surface area contributed by atoms with E-state index in [2.05, 4.69) is 19.2 Å². The van der Waals surface area contributed by atoms with Crippen molar-refractivity contribution >= 4 is 35.0 Å². The van der Waals surface area contributed by atoms with Crippen LogP contribution in [0.1, 0.15) is 20.3 Å². The van der Waals surface area contributed by atoms with E-state index < -0.39 is 6.10 Å². The molecule has 0 saturated carbocycles. The van der Waals surface area contributed by atoms with Crippen molar-refractivity contribution in [3.63, 3.8) is 0 Å². The average molecular weight is 352 g/mol. The molecule has 2 N–H and O–H groups in total. The molecule has 0 heterocycles. The standard InChI is InChI=1S/C15H23Cl2NO2S/c1-3-21-7-6-11(2)18-9-13(19)10-20-15-5-4-12(16)8-14(15)17/h4-5,8,11,13,18-19H,3,6-7,9-10H2,1-2H3. The summed E-state index contributed by atoms with van der Waals surface area (Å²) in [6.07, 6.45) is 0.521. The number of thioether (sulfide) groups is 1. The number of rotatable bonds is 10. The van der Waals surface area contributed by atoms with Gasteiger partial charge in [-0.05, 0) is 43.0 Å². The van der Waals surface area contributed by atoms with Crippen LogP contribution < -0.4 is 10.1 Å². The Labute approximate surface area is 141 Å².